The van der Waals surface area contributed by atoms with Crippen LogP contribution in [0.2, 0.25) is 0 Å². The standard InChI is InChI=1S/C12H19BrN2O2S2/c1-8-3-4-10(6-14)7-15(8)19(16,17)11-5-12(13)18-9(11)2/h5,8,10H,3-4,6-7,14H2,1-2H3. The van der Waals surface area contributed by atoms with Gasteiger partial charge in [-0.3, -0.25) is 0 Å². The number of thiophene rings is 1. The third kappa shape index (κ3) is 3.05. The van der Waals surface area contributed by atoms with Crippen molar-refractivity contribution in [3.05, 3.63) is 14.7 Å². The molecule has 1 aromatic rings. The van der Waals surface area contributed by atoms with Crippen LogP contribution in [0.1, 0.15) is 24.6 Å². The van der Waals surface area contributed by atoms with Gasteiger partial charge in [0, 0.05) is 17.5 Å². The zero-order chi connectivity index (χ0) is 14.2. The summed E-state index contributed by atoms with van der Waals surface area (Å²) >= 11 is 4.81. The lowest BCUT2D eigenvalue weighted by molar-refractivity contribution is 0.211. The third-order valence-corrected chi connectivity index (χ3v) is 7.47. The van der Waals surface area contributed by atoms with Crippen molar-refractivity contribution in [2.75, 3.05) is 13.1 Å². The smallest absolute Gasteiger partial charge is 0.244 e. The zero-order valence-corrected chi connectivity index (χ0v) is 14.3. The van der Waals surface area contributed by atoms with Crippen molar-refractivity contribution >= 4 is 37.3 Å². The van der Waals surface area contributed by atoms with E-state index in [2.05, 4.69) is 15.9 Å². The number of nitrogens with two attached hydrogens (primary N) is 1. The molecule has 4 nitrogen and oxygen atoms in total. The molecule has 0 spiro atoms. The molecule has 2 N–H and O–H groups in total. The van der Waals surface area contributed by atoms with Crippen molar-refractivity contribution in [3.8, 4) is 0 Å². The lowest BCUT2D eigenvalue weighted by Gasteiger charge is -2.36. The molecule has 7 heteroatoms. The summed E-state index contributed by atoms with van der Waals surface area (Å²) in [6, 6.07) is 1.75. The van der Waals surface area contributed by atoms with E-state index in [9.17, 15) is 8.42 Å². The highest BCUT2D eigenvalue weighted by molar-refractivity contribution is 9.11. The van der Waals surface area contributed by atoms with Crippen molar-refractivity contribution in [2.45, 2.75) is 37.6 Å². The third-order valence-electron chi connectivity index (χ3n) is 3.68. The first-order chi connectivity index (χ1) is 8.86. The van der Waals surface area contributed by atoms with Crippen molar-refractivity contribution < 1.29 is 8.42 Å². The van der Waals surface area contributed by atoms with E-state index < -0.39 is 10.0 Å². The highest BCUT2D eigenvalue weighted by Crippen LogP contribution is 2.34. The van der Waals surface area contributed by atoms with Crippen LogP contribution in [-0.4, -0.2) is 31.9 Å². The Bertz CT molecular complexity index is 556. The largest absolute Gasteiger partial charge is 0.330 e. The van der Waals surface area contributed by atoms with Gasteiger partial charge in [0.05, 0.1) is 8.68 Å². The number of piperidine rings is 1. The van der Waals surface area contributed by atoms with Crippen LogP contribution in [0, 0.1) is 12.8 Å². The summed E-state index contributed by atoms with van der Waals surface area (Å²) in [6.45, 7) is 4.90. The molecule has 2 rings (SSSR count). The Morgan fingerprint density at radius 1 is 1.53 bits per heavy atom. The fourth-order valence-electron chi connectivity index (χ4n) is 2.49. The number of nitrogens with zero attached hydrogens (tertiary/aromatic N) is 1. The number of rotatable bonds is 3. The van der Waals surface area contributed by atoms with Crippen LogP contribution in [0.4, 0.5) is 0 Å². The summed E-state index contributed by atoms with van der Waals surface area (Å²) in [6.07, 6.45) is 1.89. The average molecular weight is 367 g/mol. The molecule has 1 saturated heterocycles. The number of sulfonamides is 1. The molecular weight excluding hydrogens is 348 g/mol. The van der Waals surface area contributed by atoms with Crippen molar-refractivity contribution in [1.29, 1.82) is 0 Å². The summed E-state index contributed by atoms with van der Waals surface area (Å²) in [4.78, 5) is 1.25. The van der Waals surface area contributed by atoms with E-state index in [4.69, 9.17) is 5.73 Å². The van der Waals surface area contributed by atoms with Gasteiger partial charge in [-0.15, -0.1) is 11.3 Å². The van der Waals surface area contributed by atoms with E-state index in [0.29, 0.717) is 18.0 Å². The van der Waals surface area contributed by atoms with E-state index in [1.165, 1.54) is 11.3 Å². The molecule has 0 radical (unpaired) electrons. The molecule has 108 valence electrons. The predicted molar refractivity (Wildman–Crippen MR) is 81.9 cm³/mol. The molecular formula is C12H19BrN2O2S2. The summed E-state index contributed by atoms with van der Waals surface area (Å²) < 4.78 is 28.0. The van der Waals surface area contributed by atoms with Gasteiger partial charge in [0.15, 0.2) is 0 Å². The van der Waals surface area contributed by atoms with Gasteiger partial charge in [0.25, 0.3) is 0 Å². The minimum atomic E-state index is -3.41. The number of hydrogen-bond donors (Lipinski definition) is 1. The summed E-state index contributed by atoms with van der Waals surface area (Å²) in [5.41, 5.74) is 5.70. The lowest BCUT2D eigenvalue weighted by Crippen LogP contribution is -2.47. The van der Waals surface area contributed by atoms with E-state index in [1.807, 2.05) is 13.8 Å². The van der Waals surface area contributed by atoms with Gasteiger partial charge in [0.1, 0.15) is 0 Å². The van der Waals surface area contributed by atoms with Crippen LogP contribution >= 0.6 is 27.3 Å². The molecule has 0 aliphatic carbocycles. The van der Waals surface area contributed by atoms with Gasteiger partial charge >= 0.3 is 0 Å². The highest BCUT2D eigenvalue weighted by Gasteiger charge is 2.35. The number of aryl methyl sites for hydroxylation is 1. The van der Waals surface area contributed by atoms with E-state index in [-0.39, 0.29) is 12.0 Å². The first-order valence-electron chi connectivity index (χ1n) is 6.34. The van der Waals surface area contributed by atoms with E-state index in [0.717, 1.165) is 21.5 Å². The van der Waals surface area contributed by atoms with Crippen LogP contribution in [0.5, 0.6) is 0 Å². The molecule has 1 fully saturated rings. The summed E-state index contributed by atoms with van der Waals surface area (Å²) in [5.74, 6) is 0.272. The Hall–Kier alpha value is 0.0500. The Labute approximate surface area is 127 Å². The Morgan fingerprint density at radius 3 is 2.74 bits per heavy atom. The lowest BCUT2D eigenvalue weighted by atomic mass is 9.96. The molecule has 2 heterocycles. The molecule has 1 aliphatic heterocycles. The first kappa shape index (κ1) is 15.4. The summed E-state index contributed by atoms with van der Waals surface area (Å²) in [7, 11) is -3.41. The van der Waals surface area contributed by atoms with Crippen LogP contribution in [0.15, 0.2) is 14.7 Å². The van der Waals surface area contributed by atoms with Crippen molar-refractivity contribution in [2.24, 2.45) is 11.7 Å². The monoisotopic (exact) mass is 366 g/mol. The number of halogens is 1. The van der Waals surface area contributed by atoms with Gasteiger partial charge in [-0.1, -0.05) is 0 Å². The summed E-state index contributed by atoms with van der Waals surface area (Å²) in [5, 5.41) is 0. The minimum absolute atomic E-state index is 0.0471. The second-order valence-electron chi connectivity index (χ2n) is 5.07. The average Bonchev–Trinajstić information content (AvgIpc) is 2.69. The van der Waals surface area contributed by atoms with Crippen LogP contribution in [0.25, 0.3) is 0 Å². The Balaban J connectivity index is 2.35. The molecule has 2 unspecified atom stereocenters. The van der Waals surface area contributed by atoms with Crippen LogP contribution in [0.3, 0.4) is 0 Å². The number of hydrogen-bond acceptors (Lipinski definition) is 4. The van der Waals surface area contributed by atoms with E-state index in [1.54, 1.807) is 10.4 Å². The molecule has 0 aromatic carbocycles. The minimum Gasteiger partial charge on any atom is -0.330 e. The molecule has 1 aliphatic rings. The van der Waals surface area contributed by atoms with Gasteiger partial charge in [0.2, 0.25) is 10.0 Å². The quantitative estimate of drug-likeness (QED) is 0.893. The molecule has 0 amide bonds. The second kappa shape index (κ2) is 5.81. The fraction of sp³-hybridized carbons (Fsp3) is 0.667. The first-order valence-corrected chi connectivity index (χ1v) is 9.39. The van der Waals surface area contributed by atoms with E-state index >= 15 is 0 Å². The fourth-order valence-corrected chi connectivity index (χ4v) is 6.61. The van der Waals surface area contributed by atoms with Crippen LogP contribution in [-0.2, 0) is 10.0 Å². The zero-order valence-electron chi connectivity index (χ0n) is 11.1. The van der Waals surface area contributed by atoms with Gasteiger partial charge in [-0.25, -0.2) is 8.42 Å². The molecule has 1 aromatic heterocycles. The van der Waals surface area contributed by atoms with Crippen molar-refractivity contribution in [3.63, 3.8) is 0 Å². The SMILES string of the molecule is Cc1sc(Br)cc1S(=O)(=O)N1CC(CN)CCC1C. The highest BCUT2D eigenvalue weighted by atomic mass is 79.9. The molecule has 0 saturated carbocycles. The second-order valence-corrected chi connectivity index (χ2v) is 9.57. The Morgan fingerprint density at radius 2 is 2.21 bits per heavy atom. The molecule has 2 atom stereocenters. The maximum absolute atomic E-state index is 12.8. The van der Waals surface area contributed by atoms with Gasteiger partial charge < -0.3 is 5.73 Å². The topological polar surface area (TPSA) is 63.4 Å². The van der Waals surface area contributed by atoms with Gasteiger partial charge in [-0.05, 0) is 61.1 Å². The van der Waals surface area contributed by atoms with Crippen molar-refractivity contribution in [1.82, 2.24) is 4.31 Å². The van der Waals surface area contributed by atoms with Gasteiger partial charge in [-0.2, -0.15) is 4.31 Å². The predicted octanol–water partition coefficient (Wildman–Crippen LogP) is 2.57. The molecule has 19 heavy (non-hydrogen) atoms. The van der Waals surface area contributed by atoms with Crippen LogP contribution < -0.4 is 5.73 Å². The maximum Gasteiger partial charge on any atom is 0.244 e. The Kier molecular flexibility index (Phi) is 4.72. The maximum atomic E-state index is 12.8. The molecule has 0 bridgehead atoms. The normalized spacial score (nSPS) is 25.7.